The molecular weight excluding hydrogens is 517 g/mol. The van der Waals surface area contributed by atoms with Crippen molar-refractivity contribution in [2.45, 2.75) is 19.9 Å². The molecule has 0 saturated heterocycles. The van der Waals surface area contributed by atoms with Gasteiger partial charge in [0.2, 0.25) is 5.91 Å². The minimum Gasteiger partial charge on any atom is -0.466 e. The molecule has 0 aromatic heterocycles. The molecule has 0 fully saturated rings. The summed E-state index contributed by atoms with van der Waals surface area (Å²) in [6.45, 7) is 1.86. The van der Waals surface area contributed by atoms with E-state index in [1.165, 1.54) is 21.9 Å². The Bertz CT molecular complexity index is 1040. The molecule has 10 heteroatoms. The van der Waals surface area contributed by atoms with Crippen LogP contribution < -0.4 is 4.90 Å². The van der Waals surface area contributed by atoms with Crippen LogP contribution in [0.1, 0.15) is 29.3 Å². The molecule has 0 saturated carbocycles. The summed E-state index contributed by atoms with van der Waals surface area (Å²) in [4.78, 5) is 51.4. The third kappa shape index (κ3) is 5.37. The lowest BCUT2D eigenvalue weighted by Gasteiger charge is -2.23. The molecule has 0 N–H and O–H groups in total. The Hall–Kier alpha value is -3.02. The van der Waals surface area contributed by atoms with E-state index in [4.69, 9.17) is 4.74 Å². The van der Waals surface area contributed by atoms with Crippen LogP contribution in [-0.4, -0.2) is 47.3 Å². The quantitative estimate of drug-likeness (QED) is 0.232. The maximum atomic E-state index is 13.1. The van der Waals surface area contributed by atoms with Crippen molar-refractivity contribution in [2.75, 3.05) is 24.6 Å². The van der Waals surface area contributed by atoms with Crippen molar-refractivity contribution in [1.29, 1.82) is 0 Å². The van der Waals surface area contributed by atoms with Crippen molar-refractivity contribution in [2.24, 2.45) is 0 Å². The van der Waals surface area contributed by atoms with Crippen LogP contribution in [-0.2, 0) is 20.9 Å². The predicted octanol–water partition coefficient (Wildman–Crippen LogP) is 3.14. The van der Waals surface area contributed by atoms with Gasteiger partial charge in [0, 0.05) is 22.2 Å². The van der Waals surface area contributed by atoms with Crippen LogP contribution >= 0.6 is 22.6 Å². The van der Waals surface area contributed by atoms with Crippen LogP contribution in [0.2, 0.25) is 0 Å². The van der Waals surface area contributed by atoms with Crippen LogP contribution in [0, 0.1) is 13.7 Å². The highest BCUT2D eigenvalue weighted by molar-refractivity contribution is 14.1. The molecule has 31 heavy (non-hydrogen) atoms. The SMILES string of the molecule is CCOC(=O)CCN1CC(=O)N(Cc2cccc([N+](=O)[O-])c2)c2ccc(I)cc2C1=O. The molecule has 0 spiro atoms. The topological polar surface area (TPSA) is 110 Å². The molecule has 0 bridgehead atoms. The fraction of sp³-hybridized carbons (Fsp3) is 0.286. The molecule has 0 atom stereocenters. The zero-order valence-electron chi connectivity index (χ0n) is 16.7. The number of benzene rings is 2. The molecule has 9 nitrogen and oxygen atoms in total. The Kier molecular flexibility index (Phi) is 7.21. The Morgan fingerprint density at radius 2 is 2.00 bits per heavy atom. The number of nitro benzene ring substituents is 1. The zero-order chi connectivity index (χ0) is 22.5. The molecular formula is C21H20IN3O6. The summed E-state index contributed by atoms with van der Waals surface area (Å²) in [5.41, 5.74) is 1.27. The number of hydrogen-bond donors (Lipinski definition) is 0. The number of fused-ring (bicyclic) bond motifs is 1. The fourth-order valence-corrected chi connectivity index (χ4v) is 3.80. The Balaban J connectivity index is 1.93. The van der Waals surface area contributed by atoms with E-state index in [0.717, 1.165) is 3.57 Å². The number of ether oxygens (including phenoxy) is 1. The van der Waals surface area contributed by atoms with E-state index in [1.807, 2.05) is 0 Å². The summed E-state index contributed by atoms with van der Waals surface area (Å²) < 4.78 is 5.74. The van der Waals surface area contributed by atoms with Gasteiger partial charge in [0.15, 0.2) is 0 Å². The fourth-order valence-electron chi connectivity index (χ4n) is 3.30. The van der Waals surface area contributed by atoms with E-state index in [2.05, 4.69) is 22.6 Å². The molecule has 2 aromatic carbocycles. The largest absolute Gasteiger partial charge is 0.466 e. The summed E-state index contributed by atoms with van der Waals surface area (Å²) in [6.07, 6.45) is -0.0169. The van der Waals surface area contributed by atoms with Gasteiger partial charge in [0.25, 0.3) is 11.6 Å². The van der Waals surface area contributed by atoms with Crippen LogP contribution in [0.3, 0.4) is 0 Å². The molecule has 0 unspecified atom stereocenters. The number of nitro groups is 1. The van der Waals surface area contributed by atoms with Gasteiger partial charge in [-0.25, -0.2) is 0 Å². The van der Waals surface area contributed by atoms with E-state index in [9.17, 15) is 24.5 Å². The normalized spacial score (nSPS) is 13.6. The van der Waals surface area contributed by atoms with Crippen LogP contribution in [0.25, 0.3) is 0 Å². The van der Waals surface area contributed by atoms with E-state index in [-0.39, 0.29) is 50.2 Å². The highest BCUT2D eigenvalue weighted by Crippen LogP contribution is 2.29. The van der Waals surface area contributed by atoms with Crippen molar-refractivity contribution < 1.29 is 24.0 Å². The van der Waals surface area contributed by atoms with Gasteiger partial charge in [-0.2, -0.15) is 0 Å². The number of nitrogens with zero attached hydrogens (tertiary/aromatic N) is 3. The molecule has 0 aliphatic carbocycles. The van der Waals surface area contributed by atoms with Gasteiger partial charge < -0.3 is 14.5 Å². The van der Waals surface area contributed by atoms with Gasteiger partial charge >= 0.3 is 5.97 Å². The number of anilines is 1. The lowest BCUT2D eigenvalue weighted by molar-refractivity contribution is -0.384. The second-order valence-electron chi connectivity index (χ2n) is 6.85. The molecule has 1 aliphatic heterocycles. The minimum atomic E-state index is -0.495. The molecule has 2 amide bonds. The zero-order valence-corrected chi connectivity index (χ0v) is 18.9. The van der Waals surface area contributed by atoms with Crippen molar-refractivity contribution in [3.05, 3.63) is 67.3 Å². The number of esters is 1. The maximum Gasteiger partial charge on any atom is 0.307 e. The third-order valence-corrected chi connectivity index (χ3v) is 5.42. The van der Waals surface area contributed by atoms with Crippen molar-refractivity contribution in [3.8, 4) is 0 Å². The summed E-state index contributed by atoms with van der Waals surface area (Å²) in [5.74, 6) is -1.14. The molecule has 3 rings (SSSR count). The van der Waals surface area contributed by atoms with Gasteiger partial charge in [0.05, 0.1) is 35.7 Å². The van der Waals surface area contributed by atoms with Gasteiger partial charge in [-0.15, -0.1) is 0 Å². The van der Waals surface area contributed by atoms with Gasteiger partial charge in [-0.05, 0) is 53.3 Å². The van der Waals surface area contributed by atoms with Gasteiger partial charge in [0.1, 0.15) is 6.54 Å². The summed E-state index contributed by atoms with van der Waals surface area (Å²) in [5, 5.41) is 11.1. The summed E-state index contributed by atoms with van der Waals surface area (Å²) in [6, 6.07) is 11.2. The lowest BCUT2D eigenvalue weighted by atomic mass is 10.1. The second kappa shape index (κ2) is 9.86. The number of carbonyl (C=O) groups excluding carboxylic acids is 3. The number of hydrogen-bond acceptors (Lipinski definition) is 6. The monoisotopic (exact) mass is 537 g/mol. The first-order valence-electron chi connectivity index (χ1n) is 9.58. The average Bonchev–Trinajstić information content (AvgIpc) is 2.83. The van der Waals surface area contributed by atoms with Crippen molar-refractivity contribution in [1.82, 2.24) is 4.90 Å². The highest BCUT2D eigenvalue weighted by Gasteiger charge is 2.32. The Labute approximate surface area is 192 Å². The van der Waals surface area contributed by atoms with Crippen LogP contribution in [0.4, 0.5) is 11.4 Å². The van der Waals surface area contributed by atoms with E-state index in [0.29, 0.717) is 16.8 Å². The molecule has 2 aromatic rings. The minimum absolute atomic E-state index is 0.0169. The van der Waals surface area contributed by atoms with Crippen LogP contribution in [0.5, 0.6) is 0 Å². The molecule has 1 aliphatic rings. The van der Waals surface area contributed by atoms with Gasteiger partial charge in [-0.3, -0.25) is 24.5 Å². The first-order chi connectivity index (χ1) is 14.8. The standard InChI is InChI=1S/C21H20IN3O6/c1-2-31-20(27)8-9-23-13-19(26)24(12-14-4-3-5-16(10-14)25(29)30)18-7-6-15(22)11-17(18)21(23)28/h3-7,10-11H,2,8-9,12-13H2,1H3. The first-order valence-corrected chi connectivity index (χ1v) is 10.7. The van der Waals surface area contributed by atoms with E-state index < -0.39 is 10.9 Å². The molecule has 0 radical (unpaired) electrons. The van der Waals surface area contributed by atoms with Crippen molar-refractivity contribution >= 4 is 51.7 Å². The number of amides is 2. The van der Waals surface area contributed by atoms with Gasteiger partial charge in [-0.1, -0.05) is 12.1 Å². The number of carbonyl (C=O) groups is 3. The summed E-state index contributed by atoms with van der Waals surface area (Å²) in [7, 11) is 0. The van der Waals surface area contributed by atoms with Crippen LogP contribution in [0.15, 0.2) is 42.5 Å². The first kappa shape index (κ1) is 22.7. The Morgan fingerprint density at radius 1 is 1.23 bits per heavy atom. The number of non-ortho nitro benzene ring substituents is 1. The predicted molar refractivity (Wildman–Crippen MR) is 121 cm³/mol. The molecule has 162 valence electrons. The maximum absolute atomic E-state index is 13.1. The highest BCUT2D eigenvalue weighted by atomic mass is 127. The average molecular weight is 537 g/mol. The smallest absolute Gasteiger partial charge is 0.307 e. The number of halogens is 1. The summed E-state index contributed by atoms with van der Waals surface area (Å²) >= 11 is 2.08. The lowest BCUT2D eigenvalue weighted by Crippen LogP contribution is -2.40. The van der Waals surface area contributed by atoms with E-state index >= 15 is 0 Å². The van der Waals surface area contributed by atoms with E-state index in [1.54, 1.807) is 37.3 Å². The number of rotatable bonds is 7. The van der Waals surface area contributed by atoms with Crippen molar-refractivity contribution in [3.63, 3.8) is 0 Å². The molecule has 1 heterocycles. The second-order valence-corrected chi connectivity index (χ2v) is 8.10. The third-order valence-electron chi connectivity index (χ3n) is 4.75. The Morgan fingerprint density at radius 3 is 2.71 bits per heavy atom.